The van der Waals surface area contributed by atoms with Crippen LogP contribution in [0.5, 0.6) is 5.75 Å². The van der Waals surface area contributed by atoms with E-state index in [2.05, 4.69) is 6.58 Å². The summed E-state index contributed by atoms with van der Waals surface area (Å²) in [7, 11) is 0. The van der Waals surface area contributed by atoms with Crippen LogP contribution in [-0.4, -0.2) is 5.97 Å². The maximum Gasteiger partial charge on any atom is 0.338 e. The molecule has 92 valence electrons. The summed E-state index contributed by atoms with van der Waals surface area (Å²) in [6.07, 6.45) is 0. The second kappa shape index (κ2) is 4.41. The van der Waals surface area contributed by atoms with E-state index in [1.54, 1.807) is 13.0 Å². The molecule has 2 aromatic rings. The molecule has 4 heteroatoms. The molecule has 0 fully saturated rings. The van der Waals surface area contributed by atoms with Gasteiger partial charge in [-0.05, 0) is 18.4 Å². The molecule has 2 aromatic carbocycles. The molecule has 0 heterocycles. The minimum atomic E-state index is -0.516. The molecule has 0 bridgehead atoms. The van der Waals surface area contributed by atoms with Crippen LogP contribution in [0, 0.1) is 0 Å². The van der Waals surface area contributed by atoms with Crippen molar-refractivity contribution in [2.45, 2.75) is 6.92 Å². The van der Waals surface area contributed by atoms with Crippen molar-refractivity contribution in [1.29, 1.82) is 0 Å². The first-order valence-corrected chi connectivity index (χ1v) is 5.45. The van der Waals surface area contributed by atoms with E-state index in [1.165, 1.54) is 0 Å². The topological polar surface area (TPSA) is 78.3 Å². The molecular formula is C14H14N2O2. The van der Waals surface area contributed by atoms with E-state index in [4.69, 9.17) is 16.2 Å². The number of rotatable bonds is 2. The summed E-state index contributed by atoms with van der Waals surface area (Å²) in [6, 6.07) is 9.18. The number of benzene rings is 2. The Morgan fingerprint density at radius 1 is 1.28 bits per heavy atom. The summed E-state index contributed by atoms with van der Waals surface area (Å²) in [5.41, 5.74) is 12.6. The summed E-state index contributed by atoms with van der Waals surface area (Å²) >= 11 is 0. The van der Waals surface area contributed by atoms with Crippen molar-refractivity contribution in [3.63, 3.8) is 0 Å². The Labute approximate surface area is 105 Å². The number of carbonyl (C=O) groups excluding carboxylic acids is 1. The number of nitrogen functional groups attached to an aromatic ring is 2. The second-order valence-corrected chi connectivity index (χ2v) is 4.10. The van der Waals surface area contributed by atoms with Crippen LogP contribution in [0.4, 0.5) is 11.4 Å². The van der Waals surface area contributed by atoms with Crippen LogP contribution in [0.2, 0.25) is 0 Å². The lowest BCUT2D eigenvalue weighted by atomic mass is 10.1. The van der Waals surface area contributed by atoms with E-state index in [1.807, 2.05) is 24.3 Å². The molecule has 0 unspecified atom stereocenters. The van der Waals surface area contributed by atoms with Gasteiger partial charge in [0.05, 0.1) is 11.4 Å². The normalized spacial score (nSPS) is 10.3. The smallest absolute Gasteiger partial charge is 0.338 e. The van der Waals surface area contributed by atoms with Gasteiger partial charge in [-0.3, -0.25) is 0 Å². The summed E-state index contributed by atoms with van der Waals surface area (Å²) in [6.45, 7) is 5.11. The largest absolute Gasteiger partial charge is 0.420 e. The maximum absolute atomic E-state index is 11.6. The predicted octanol–water partition coefficient (Wildman–Crippen LogP) is 2.49. The number of hydrogen-bond donors (Lipinski definition) is 2. The zero-order chi connectivity index (χ0) is 13.3. The fourth-order valence-electron chi connectivity index (χ4n) is 1.64. The van der Waals surface area contributed by atoms with E-state index in [0.717, 1.165) is 10.8 Å². The number of anilines is 2. The maximum atomic E-state index is 11.6. The molecule has 2 rings (SSSR count). The molecule has 0 amide bonds. The average Bonchev–Trinajstić information content (AvgIpc) is 2.34. The first-order valence-electron chi connectivity index (χ1n) is 5.45. The standard InChI is InChI=1S/C14H14N2O2/c1-8(2)14(17)18-13-10-6-4-3-5-9(10)7-11(15)12(13)16/h3-7H,1,15-16H2,2H3. The third kappa shape index (κ3) is 2.00. The van der Waals surface area contributed by atoms with Crippen LogP contribution in [0.3, 0.4) is 0 Å². The van der Waals surface area contributed by atoms with Crippen LogP contribution in [-0.2, 0) is 4.79 Å². The molecule has 0 aliphatic heterocycles. The molecule has 4 nitrogen and oxygen atoms in total. The van der Waals surface area contributed by atoms with Crippen molar-refractivity contribution in [1.82, 2.24) is 0 Å². The summed E-state index contributed by atoms with van der Waals surface area (Å²) < 4.78 is 5.26. The number of nitrogens with two attached hydrogens (primary N) is 2. The number of carbonyl (C=O) groups is 1. The third-order valence-corrected chi connectivity index (χ3v) is 2.62. The second-order valence-electron chi connectivity index (χ2n) is 4.10. The summed E-state index contributed by atoms with van der Waals surface area (Å²) in [5.74, 6) is -0.226. The van der Waals surface area contributed by atoms with E-state index in [-0.39, 0.29) is 5.69 Å². The fraction of sp³-hybridized carbons (Fsp3) is 0.0714. The van der Waals surface area contributed by atoms with Crippen molar-refractivity contribution >= 4 is 28.1 Å². The molecule has 0 aliphatic carbocycles. The molecule has 18 heavy (non-hydrogen) atoms. The molecule has 0 atom stereocenters. The molecule has 0 radical (unpaired) electrons. The van der Waals surface area contributed by atoms with E-state index in [9.17, 15) is 4.79 Å². The lowest BCUT2D eigenvalue weighted by molar-refractivity contribution is -0.129. The number of ether oxygens (including phenoxy) is 1. The number of esters is 1. The zero-order valence-corrected chi connectivity index (χ0v) is 10.1. The fourth-order valence-corrected chi connectivity index (χ4v) is 1.64. The van der Waals surface area contributed by atoms with Gasteiger partial charge in [0.1, 0.15) is 0 Å². The Kier molecular flexibility index (Phi) is 2.93. The van der Waals surface area contributed by atoms with Crippen molar-refractivity contribution in [3.05, 3.63) is 42.5 Å². The van der Waals surface area contributed by atoms with Crippen molar-refractivity contribution in [2.24, 2.45) is 0 Å². The van der Waals surface area contributed by atoms with E-state index in [0.29, 0.717) is 17.0 Å². The third-order valence-electron chi connectivity index (χ3n) is 2.62. The molecule has 0 aliphatic rings. The van der Waals surface area contributed by atoms with Crippen LogP contribution in [0.15, 0.2) is 42.5 Å². The Bertz CT molecular complexity index is 648. The van der Waals surface area contributed by atoms with Crippen LogP contribution in [0.25, 0.3) is 10.8 Å². The Balaban J connectivity index is 2.63. The predicted molar refractivity (Wildman–Crippen MR) is 73.2 cm³/mol. The van der Waals surface area contributed by atoms with Gasteiger partial charge in [0.25, 0.3) is 0 Å². The number of hydrogen-bond acceptors (Lipinski definition) is 4. The molecule has 4 N–H and O–H groups in total. The quantitative estimate of drug-likeness (QED) is 0.367. The summed E-state index contributed by atoms with van der Waals surface area (Å²) in [5, 5.41) is 1.62. The van der Waals surface area contributed by atoms with Gasteiger partial charge in [-0.2, -0.15) is 0 Å². The van der Waals surface area contributed by atoms with Gasteiger partial charge < -0.3 is 16.2 Å². The lowest BCUT2D eigenvalue weighted by Gasteiger charge is -2.12. The van der Waals surface area contributed by atoms with Crippen molar-refractivity contribution in [3.8, 4) is 5.75 Å². The lowest BCUT2D eigenvalue weighted by Crippen LogP contribution is -2.11. The highest BCUT2D eigenvalue weighted by molar-refractivity contribution is 6.01. The van der Waals surface area contributed by atoms with E-state index < -0.39 is 5.97 Å². The SMILES string of the molecule is C=C(C)C(=O)Oc1c(N)c(N)cc2ccccc12. The molecular weight excluding hydrogens is 228 g/mol. The Hall–Kier alpha value is -2.49. The highest BCUT2D eigenvalue weighted by atomic mass is 16.5. The van der Waals surface area contributed by atoms with Gasteiger partial charge >= 0.3 is 5.97 Å². The van der Waals surface area contributed by atoms with Gasteiger partial charge in [-0.15, -0.1) is 0 Å². The number of fused-ring (bicyclic) bond motifs is 1. The van der Waals surface area contributed by atoms with Gasteiger partial charge in [0.15, 0.2) is 5.75 Å². The zero-order valence-electron chi connectivity index (χ0n) is 10.1. The molecule has 0 aromatic heterocycles. The Morgan fingerprint density at radius 2 is 1.94 bits per heavy atom. The molecule has 0 saturated carbocycles. The highest BCUT2D eigenvalue weighted by Gasteiger charge is 2.14. The van der Waals surface area contributed by atoms with Crippen LogP contribution in [0.1, 0.15) is 6.92 Å². The van der Waals surface area contributed by atoms with Gasteiger partial charge in [-0.25, -0.2) is 4.79 Å². The minimum absolute atomic E-state index is 0.267. The Morgan fingerprint density at radius 3 is 2.61 bits per heavy atom. The van der Waals surface area contributed by atoms with Gasteiger partial charge in [-0.1, -0.05) is 30.8 Å². The monoisotopic (exact) mass is 242 g/mol. The van der Waals surface area contributed by atoms with Gasteiger partial charge in [0.2, 0.25) is 0 Å². The van der Waals surface area contributed by atoms with Gasteiger partial charge in [0, 0.05) is 11.0 Å². The van der Waals surface area contributed by atoms with Crippen LogP contribution < -0.4 is 16.2 Å². The summed E-state index contributed by atoms with van der Waals surface area (Å²) in [4.78, 5) is 11.6. The van der Waals surface area contributed by atoms with Crippen molar-refractivity contribution in [2.75, 3.05) is 11.5 Å². The first kappa shape index (κ1) is 12.0. The molecule has 0 spiro atoms. The highest BCUT2D eigenvalue weighted by Crippen LogP contribution is 2.36. The van der Waals surface area contributed by atoms with Crippen LogP contribution >= 0.6 is 0 Å². The van der Waals surface area contributed by atoms with E-state index >= 15 is 0 Å². The average molecular weight is 242 g/mol. The van der Waals surface area contributed by atoms with Crippen molar-refractivity contribution < 1.29 is 9.53 Å². The first-order chi connectivity index (χ1) is 8.50. The molecule has 0 saturated heterocycles. The minimum Gasteiger partial charge on any atom is -0.420 e.